The number of ether oxygens (including phenoxy) is 2. The third-order valence-corrected chi connectivity index (χ3v) is 4.52. The van der Waals surface area contributed by atoms with Gasteiger partial charge in [0.15, 0.2) is 6.10 Å². The van der Waals surface area contributed by atoms with Crippen molar-refractivity contribution in [3.8, 4) is 0 Å². The van der Waals surface area contributed by atoms with Crippen molar-refractivity contribution >= 4 is 12.1 Å². The number of likely N-dealkylation sites (tertiary alicyclic amines) is 1. The zero-order chi connectivity index (χ0) is 17.5. The van der Waals surface area contributed by atoms with Crippen molar-refractivity contribution in [2.75, 3.05) is 13.1 Å². The van der Waals surface area contributed by atoms with Gasteiger partial charge in [-0.3, -0.25) is 0 Å². The second-order valence-corrected chi connectivity index (χ2v) is 7.39. The largest absolute Gasteiger partial charge is 0.479 e. The summed E-state index contributed by atoms with van der Waals surface area (Å²) in [7, 11) is 0. The van der Waals surface area contributed by atoms with Crippen molar-refractivity contribution < 1.29 is 24.2 Å². The maximum Gasteiger partial charge on any atom is 0.410 e. The van der Waals surface area contributed by atoms with Crippen LogP contribution in [-0.2, 0) is 19.9 Å². The number of carbonyl (C=O) groups excluding carboxylic acids is 1. The zero-order valence-electron chi connectivity index (χ0n) is 14.2. The van der Waals surface area contributed by atoms with Gasteiger partial charge >= 0.3 is 12.1 Å². The molecular weight excluding hydrogens is 310 g/mol. The topological polar surface area (TPSA) is 76.1 Å². The number of benzene rings is 1. The Morgan fingerprint density at radius 1 is 1.25 bits per heavy atom. The summed E-state index contributed by atoms with van der Waals surface area (Å²) in [6, 6.07) is 7.46. The SMILES string of the molecule is CC(C)(C)OC(=O)N1CCC2(CC1)O[C@H](C(=O)O)c1ccccc12. The highest BCUT2D eigenvalue weighted by atomic mass is 16.6. The van der Waals surface area contributed by atoms with Gasteiger partial charge in [-0.15, -0.1) is 0 Å². The summed E-state index contributed by atoms with van der Waals surface area (Å²) in [6.45, 7) is 6.48. The Hall–Kier alpha value is -2.08. The molecule has 0 bridgehead atoms. The van der Waals surface area contributed by atoms with Crippen LogP contribution in [0.3, 0.4) is 0 Å². The minimum absolute atomic E-state index is 0.335. The Labute approximate surface area is 141 Å². The van der Waals surface area contributed by atoms with Gasteiger partial charge in [0, 0.05) is 13.1 Å². The number of hydrogen-bond acceptors (Lipinski definition) is 4. The van der Waals surface area contributed by atoms with E-state index in [1.807, 2.05) is 45.0 Å². The van der Waals surface area contributed by atoms with Gasteiger partial charge in [0.1, 0.15) is 5.60 Å². The standard InChI is InChI=1S/C18H23NO5/c1-17(2,3)24-16(22)19-10-8-18(9-11-19)13-7-5-4-6-12(13)14(23-18)15(20)21/h4-7,14H,8-11H2,1-3H3,(H,20,21)/t14-/m0/s1. The van der Waals surface area contributed by atoms with Crippen LogP contribution >= 0.6 is 0 Å². The minimum atomic E-state index is -0.978. The van der Waals surface area contributed by atoms with E-state index in [1.165, 1.54) is 0 Å². The number of aliphatic carboxylic acids is 1. The lowest BCUT2D eigenvalue weighted by molar-refractivity contribution is -0.166. The fraction of sp³-hybridized carbons (Fsp3) is 0.556. The van der Waals surface area contributed by atoms with Crippen LogP contribution in [0.15, 0.2) is 24.3 Å². The second kappa shape index (κ2) is 5.77. The molecule has 1 amide bonds. The van der Waals surface area contributed by atoms with Crippen molar-refractivity contribution in [3.05, 3.63) is 35.4 Å². The molecule has 6 nitrogen and oxygen atoms in total. The zero-order valence-corrected chi connectivity index (χ0v) is 14.2. The van der Waals surface area contributed by atoms with Crippen LogP contribution in [0.25, 0.3) is 0 Å². The number of fused-ring (bicyclic) bond motifs is 2. The lowest BCUT2D eigenvalue weighted by Crippen LogP contribution is -2.47. The first kappa shape index (κ1) is 16.8. The summed E-state index contributed by atoms with van der Waals surface area (Å²) in [5, 5.41) is 9.43. The van der Waals surface area contributed by atoms with E-state index >= 15 is 0 Å². The maximum absolute atomic E-state index is 12.2. The van der Waals surface area contributed by atoms with Gasteiger partial charge in [0.05, 0.1) is 5.60 Å². The van der Waals surface area contributed by atoms with Crippen LogP contribution in [-0.4, -0.2) is 40.8 Å². The van der Waals surface area contributed by atoms with Crippen molar-refractivity contribution in [2.45, 2.75) is 50.9 Å². The Morgan fingerprint density at radius 3 is 2.46 bits per heavy atom. The summed E-state index contributed by atoms with van der Waals surface area (Å²) in [6.07, 6.45) is -0.146. The van der Waals surface area contributed by atoms with E-state index in [9.17, 15) is 14.7 Å². The van der Waals surface area contributed by atoms with Crippen LogP contribution < -0.4 is 0 Å². The lowest BCUT2D eigenvalue weighted by Gasteiger charge is -2.39. The molecule has 2 aliphatic heterocycles. The van der Waals surface area contributed by atoms with E-state index in [0.717, 1.165) is 11.1 Å². The predicted molar refractivity (Wildman–Crippen MR) is 86.6 cm³/mol. The van der Waals surface area contributed by atoms with Gasteiger partial charge in [-0.25, -0.2) is 9.59 Å². The summed E-state index contributed by atoms with van der Waals surface area (Å²) in [5.74, 6) is -0.978. The smallest absolute Gasteiger partial charge is 0.410 e. The summed E-state index contributed by atoms with van der Waals surface area (Å²) < 4.78 is 11.4. The Kier molecular flexibility index (Phi) is 4.03. The number of hydrogen-bond donors (Lipinski definition) is 1. The molecule has 0 aromatic heterocycles. The number of rotatable bonds is 1. The van der Waals surface area contributed by atoms with Gasteiger partial charge in [-0.05, 0) is 44.7 Å². The van der Waals surface area contributed by atoms with E-state index in [0.29, 0.717) is 25.9 Å². The molecule has 1 aromatic rings. The van der Waals surface area contributed by atoms with Crippen molar-refractivity contribution in [1.82, 2.24) is 4.90 Å². The molecule has 1 fully saturated rings. The van der Waals surface area contributed by atoms with E-state index in [4.69, 9.17) is 9.47 Å². The average Bonchev–Trinajstić information content (AvgIpc) is 2.82. The third-order valence-electron chi connectivity index (χ3n) is 4.52. The van der Waals surface area contributed by atoms with Crippen molar-refractivity contribution in [3.63, 3.8) is 0 Å². The fourth-order valence-electron chi connectivity index (χ4n) is 3.44. The van der Waals surface area contributed by atoms with Gasteiger partial charge in [-0.2, -0.15) is 0 Å². The first-order valence-corrected chi connectivity index (χ1v) is 8.20. The normalized spacial score (nSPS) is 22.3. The first-order chi connectivity index (χ1) is 11.2. The summed E-state index contributed by atoms with van der Waals surface area (Å²) in [4.78, 5) is 25.4. The summed E-state index contributed by atoms with van der Waals surface area (Å²) >= 11 is 0. The minimum Gasteiger partial charge on any atom is -0.479 e. The van der Waals surface area contributed by atoms with Gasteiger partial charge in [0.25, 0.3) is 0 Å². The Balaban J connectivity index is 1.76. The number of nitrogens with zero attached hydrogens (tertiary/aromatic N) is 1. The predicted octanol–water partition coefficient (Wildman–Crippen LogP) is 3.07. The number of carboxylic acid groups (broad SMARTS) is 1. The molecule has 3 rings (SSSR count). The van der Waals surface area contributed by atoms with Crippen LogP contribution in [0.1, 0.15) is 50.8 Å². The van der Waals surface area contributed by atoms with Crippen molar-refractivity contribution in [1.29, 1.82) is 0 Å². The molecular formula is C18H23NO5. The monoisotopic (exact) mass is 333 g/mol. The number of carboxylic acids is 1. The van der Waals surface area contributed by atoms with E-state index < -0.39 is 23.3 Å². The number of carbonyl (C=O) groups is 2. The molecule has 1 spiro atoms. The molecule has 130 valence electrons. The molecule has 0 aliphatic carbocycles. The highest BCUT2D eigenvalue weighted by Crippen LogP contribution is 2.49. The molecule has 0 saturated carbocycles. The molecule has 1 atom stereocenters. The van der Waals surface area contributed by atoms with Crippen LogP contribution in [0.5, 0.6) is 0 Å². The van der Waals surface area contributed by atoms with Gasteiger partial charge in [-0.1, -0.05) is 24.3 Å². The molecule has 6 heteroatoms. The molecule has 2 aliphatic rings. The summed E-state index contributed by atoms with van der Waals surface area (Å²) in [5.41, 5.74) is 0.492. The highest BCUT2D eigenvalue weighted by Gasteiger charge is 2.49. The fourth-order valence-corrected chi connectivity index (χ4v) is 3.44. The number of piperidine rings is 1. The van der Waals surface area contributed by atoms with Crippen LogP contribution in [0.2, 0.25) is 0 Å². The molecule has 0 unspecified atom stereocenters. The molecule has 1 N–H and O–H groups in total. The average molecular weight is 333 g/mol. The quantitative estimate of drug-likeness (QED) is 0.855. The Morgan fingerprint density at radius 2 is 1.88 bits per heavy atom. The van der Waals surface area contributed by atoms with Gasteiger partial charge < -0.3 is 19.5 Å². The molecule has 1 saturated heterocycles. The first-order valence-electron chi connectivity index (χ1n) is 8.20. The third kappa shape index (κ3) is 2.98. The number of amides is 1. The maximum atomic E-state index is 12.2. The molecule has 0 radical (unpaired) electrons. The molecule has 1 aromatic carbocycles. The van der Waals surface area contributed by atoms with Crippen molar-refractivity contribution in [2.24, 2.45) is 0 Å². The van der Waals surface area contributed by atoms with Gasteiger partial charge in [0.2, 0.25) is 0 Å². The molecule has 24 heavy (non-hydrogen) atoms. The van der Waals surface area contributed by atoms with E-state index in [-0.39, 0.29) is 6.09 Å². The second-order valence-electron chi connectivity index (χ2n) is 7.39. The molecule has 2 heterocycles. The van der Waals surface area contributed by atoms with Crippen LogP contribution in [0.4, 0.5) is 4.79 Å². The van der Waals surface area contributed by atoms with E-state index in [2.05, 4.69) is 0 Å². The lowest BCUT2D eigenvalue weighted by atomic mass is 9.83. The Bertz CT molecular complexity index is 656. The van der Waals surface area contributed by atoms with Crippen LogP contribution in [0, 0.1) is 0 Å². The highest BCUT2D eigenvalue weighted by molar-refractivity contribution is 5.76. The van der Waals surface area contributed by atoms with E-state index in [1.54, 1.807) is 4.90 Å².